The van der Waals surface area contributed by atoms with Gasteiger partial charge in [-0.1, -0.05) is 0 Å². The van der Waals surface area contributed by atoms with E-state index in [-0.39, 0.29) is 16.3 Å². The maximum absolute atomic E-state index is 12.6. The molecule has 2 aromatic carbocycles. The van der Waals surface area contributed by atoms with Gasteiger partial charge in [-0.15, -0.1) is 0 Å². The van der Waals surface area contributed by atoms with Gasteiger partial charge in [-0.25, -0.2) is 0 Å². The monoisotopic (exact) mass is 315 g/mol. The minimum atomic E-state index is -0.776. The van der Waals surface area contributed by atoms with Crippen molar-refractivity contribution in [3.05, 3.63) is 60.8 Å². The molecule has 0 aliphatic heterocycles. The molecule has 0 spiro atoms. The third-order valence-corrected chi connectivity index (χ3v) is 3.49. The Kier molecular flexibility index (Phi) is 3.17. The van der Waals surface area contributed by atoms with E-state index >= 15 is 0 Å². The quantitative estimate of drug-likeness (QED) is 0.449. The molecule has 0 fully saturated rings. The van der Waals surface area contributed by atoms with Crippen LogP contribution in [0.1, 0.15) is 0 Å². The van der Waals surface area contributed by atoms with Crippen molar-refractivity contribution in [1.82, 2.24) is 4.98 Å². The summed E-state index contributed by atoms with van der Waals surface area (Å²) >= 11 is 0. The molecule has 0 aliphatic rings. The Balaban J connectivity index is 2.52. The van der Waals surface area contributed by atoms with E-state index in [9.17, 15) is 25.0 Å². The van der Waals surface area contributed by atoms with Crippen molar-refractivity contribution < 1.29 is 14.6 Å². The van der Waals surface area contributed by atoms with E-state index in [1.54, 1.807) is 12.1 Å². The van der Waals surface area contributed by atoms with Crippen LogP contribution in [0.4, 0.5) is 11.4 Å². The third-order valence-electron chi connectivity index (χ3n) is 3.49. The molecule has 1 heterocycles. The smallest absolute Gasteiger partial charge is 0.300 e. The highest BCUT2D eigenvalue weighted by atomic mass is 16.6. The number of ether oxygens (including phenoxy) is 1. The van der Waals surface area contributed by atoms with E-state index in [2.05, 4.69) is 4.98 Å². The summed E-state index contributed by atoms with van der Waals surface area (Å²) in [7, 11) is 1.44. The molecule has 0 saturated heterocycles. The second kappa shape index (κ2) is 5.05. The fourth-order valence-electron chi connectivity index (χ4n) is 2.40. The number of benzene rings is 2. The van der Waals surface area contributed by atoms with E-state index in [1.807, 2.05) is 0 Å². The fourth-order valence-corrected chi connectivity index (χ4v) is 2.40. The lowest BCUT2D eigenvalue weighted by molar-refractivity contribution is -0.393. The van der Waals surface area contributed by atoms with E-state index in [0.29, 0.717) is 11.3 Å². The largest absolute Gasteiger partial charge is 0.497 e. The number of non-ortho nitro benzene ring substituents is 2. The Hall–Kier alpha value is -3.49. The summed E-state index contributed by atoms with van der Waals surface area (Å²) in [4.78, 5) is 36.0. The SMILES string of the molecule is COc1ccc2[nH]c3c([N+](=O)[O-])cc([N+](=O)[O-])cc3c(=O)c2c1. The maximum Gasteiger partial charge on any atom is 0.300 e. The molecule has 3 aromatic rings. The molecule has 1 N–H and O–H groups in total. The predicted octanol–water partition coefficient (Wildman–Crippen LogP) is 2.51. The summed E-state index contributed by atoms with van der Waals surface area (Å²) in [6.45, 7) is 0. The van der Waals surface area contributed by atoms with Gasteiger partial charge in [-0.2, -0.15) is 0 Å². The normalized spacial score (nSPS) is 10.8. The molecule has 0 radical (unpaired) electrons. The van der Waals surface area contributed by atoms with Crippen molar-refractivity contribution >= 4 is 33.2 Å². The van der Waals surface area contributed by atoms with Crippen molar-refractivity contribution in [3.63, 3.8) is 0 Å². The lowest BCUT2D eigenvalue weighted by Gasteiger charge is -2.05. The number of fused-ring (bicyclic) bond motifs is 2. The van der Waals surface area contributed by atoms with Gasteiger partial charge >= 0.3 is 0 Å². The van der Waals surface area contributed by atoms with E-state index < -0.39 is 26.7 Å². The second-order valence-electron chi connectivity index (χ2n) is 4.77. The van der Waals surface area contributed by atoms with Crippen LogP contribution in [0.3, 0.4) is 0 Å². The van der Waals surface area contributed by atoms with Crippen LogP contribution in [0.5, 0.6) is 5.75 Å². The number of methoxy groups -OCH3 is 1. The lowest BCUT2D eigenvalue weighted by Crippen LogP contribution is -2.07. The Morgan fingerprint density at radius 3 is 2.39 bits per heavy atom. The molecule has 0 aliphatic carbocycles. The van der Waals surface area contributed by atoms with Crippen LogP contribution in [-0.4, -0.2) is 21.9 Å². The van der Waals surface area contributed by atoms with Crippen molar-refractivity contribution in [2.24, 2.45) is 0 Å². The molecule has 9 heteroatoms. The number of nitro benzene ring substituents is 2. The Morgan fingerprint density at radius 2 is 1.78 bits per heavy atom. The van der Waals surface area contributed by atoms with Crippen LogP contribution < -0.4 is 10.2 Å². The zero-order valence-electron chi connectivity index (χ0n) is 11.7. The predicted molar refractivity (Wildman–Crippen MR) is 81.9 cm³/mol. The molecular weight excluding hydrogens is 306 g/mol. The number of rotatable bonds is 3. The number of aromatic nitrogens is 1. The van der Waals surface area contributed by atoms with Gasteiger partial charge in [-0.05, 0) is 18.2 Å². The number of nitrogens with one attached hydrogen (secondary N) is 1. The number of hydrogen-bond acceptors (Lipinski definition) is 6. The summed E-state index contributed by atoms with van der Waals surface area (Å²) in [5.74, 6) is 0.433. The van der Waals surface area contributed by atoms with Gasteiger partial charge < -0.3 is 9.72 Å². The lowest BCUT2D eigenvalue weighted by atomic mass is 10.1. The zero-order chi connectivity index (χ0) is 16.7. The van der Waals surface area contributed by atoms with Gasteiger partial charge in [0.05, 0.1) is 33.9 Å². The molecule has 3 rings (SSSR count). The highest BCUT2D eigenvalue weighted by Gasteiger charge is 2.22. The highest BCUT2D eigenvalue weighted by molar-refractivity contribution is 5.98. The van der Waals surface area contributed by atoms with Crippen molar-refractivity contribution in [3.8, 4) is 5.75 Å². The van der Waals surface area contributed by atoms with E-state index in [4.69, 9.17) is 4.74 Å². The van der Waals surface area contributed by atoms with Crippen molar-refractivity contribution in [2.75, 3.05) is 7.11 Å². The molecule has 9 nitrogen and oxygen atoms in total. The first-order valence-electron chi connectivity index (χ1n) is 6.39. The van der Waals surface area contributed by atoms with Crippen LogP contribution in [-0.2, 0) is 0 Å². The molecule has 116 valence electrons. The summed E-state index contributed by atoms with van der Waals surface area (Å²) in [5.41, 5.74) is -1.26. The number of aromatic amines is 1. The molecule has 0 atom stereocenters. The van der Waals surface area contributed by atoms with Gasteiger partial charge in [0.2, 0.25) is 0 Å². The first-order valence-corrected chi connectivity index (χ1v) is 6.39. The average Bonchev–Trinajstić information content (AvgIpc) is 2.53. The highest BCUT2D eigenvalue weighted by Crippen LogP contribution is 2.30. The standard InChI is InChI=1S/C14H9N3O6/c1-23-8-2-3-11-9(6-8)14(18)10-4-7(16(19)20)5-12(17(21)22)13(10)15-11/h2-6H,1H3,(H,15,18). The molecule has 0 amide bonds. The van der Waals surface area contributed by atoms with E-state index in [1.165, 1.54) is 13.2 Å². The summed E-state index contributed by atoms with van der Waals surface area (Å²) < 4.78 is 5.04. The van der Waals surface area contributed by atoms with Crippen LogP contribution >= 0.6 is 0 Å². The minimum Gasteiger partial charge on any atom is -0.497 e. The number of nitrogens with zero attached hydrogens (tertiary/aromatic N) is 2. The van der Waals surface area contributed by atoms with Gasteiger partial charge in [0, 0.05) is 11.5 Å². The Labute approximate surface area is 127 Å². The van der Waals surface area contributed by atoms with Gasteiger partial charge in [0.15, 0.2) is 5.43 Å². The van der Waals surface area contributed by atoms with Crippen LogP contribution in [0, 0.1) is 20.2 Å². The van der Waals surface area contributed by atoms with Crippen LogP contribution in [0.2, 0.25) is 0 Å². The molecule has 0 saturated carbocycles. The second-order valence-corrected chi connectivity index (χ2v) is 4.77. The minimum absolute atomic E-state index is 0.0525. The van der Waals surface area contributed by atoms with Crippen molar-refractivity contribution in [2.45, 2.75) is 0 Å². The maximum atomic E-state index is 12.6. The van der Waals surface area contributed by atoms with Crippen LogP contribution in [0.25, 0.3) is 21.8 Å². The molecule has 1 aromatic heterocycles. The van der Waals surface area contributed by atoms with Gasteiger partial charge in [0.25, 0.3) is 11.4 Å². The molecule has 0 bridgehead atoms. The summed E-state index contributed by atoms with van der Waals surface area (Å²) in [6.07, 6.45) is 0. The number of pyridine rings is 1. The fraction of sp³-hybridized carbons (Fsp3) is 0.0714. The summed E-state index contributed by atoms with van der Waals surface area (Å²) in [6, 6.07) is 6.48. The van der Waals surface area contributed by atoms with E-state index in [0.717, 1.165) is 12.1 Å². The first-order chi connectivity index (χ1) is 10.9. The first kappa shape index (κ1) is 14.4. The summed E-state index contributed by atoms with van der Waals surface area (Å²) in [5, 5.41) is 22.2. The Bertz CT molecular complexity index is 1040. The van der Waals surface area contributed by atoms with Gasteiger partial charge in [0.1, 0.15) is 11.3 Å². The van der Waals surface area contributed by atoms with Gasteiger partial charge in [-0.3, -0.25) is 25.0 Å². The van der Waals surface area contributed by atoms with Crippen LogP contribution in [0.15, 0.2) is 35.1 Å². The topological polar surface area (TPSA) is 128 Å². The van der Waals surface area contributed by atoms with Crippen molar-refractivity contribution in [1.29, 1.82) is 0 Å². The third kappa shape index (κ3) is 2.24. The molecule has 23 heavy (non-hydrogen) atoms. The number of nitro groups is 2. The zero-order valence-corrected chi connectivity index (χ0v) is 11.7. The molecular formula is C14H9N3O6. The number of hydrogen-bond donors (Lipinski definition) is 1. The number of H-pyrrole nitrogens is 1. The molecule has 0 unspecified atom stereocenters. The average molecular weight is 315 g/mol. The Morgan fingerprint density at radius 1 is 1.04 bits per heavy atom.